The zero-order valence-corrected chi connectivity index (χ0v) is 17.0. The van der Waals surface area contributed by atoms with Gasteiger partial charge in [-0.25, -0.2) is 0 Å². The van der Waals surface area contributed by atoms with Gasteiger partial charge in [0.05, 0.1) is 5.41 Å². The van der Waals surface area contributed by atoms with Crippen LogP contribution in [0.5, 0.6) is 0 Å². The van der Waals surface area contributed by atoms with Crippen LogP contribution in [0.2, 0.25) is 0 Å². The standard InChI is InChI=1S/C19H24N4O2.2ClH/c1-3-19(4-2,13-20)18(25)23-16-7-5-6-15(12-16)22-17(24)14-8-10-21-11-9-14;;/h5-12H,3-4,13,20H2,1-2H3,(H,22,24)(H,23,25);2*1H. The summed E-state index contributed by atoms with van der Waals surface area (Å²) < 4.78 is 0. The van der Waals surface area contributed by atoms with E-state index in [9.17, 15) is 9.59 Å². The number of nitrogens with zero attached hydrogens (tertiary/aromatic N) is 1. The van der Waals surface area contributed by atoms with Crippen LogP contribution in [0.15, 0.2) is 48.8 Å². The lowest BCUT2D eigenvalue weighted by molar-refractivity contribution is -0.125. The van der Waals surface area contributed by atoms with Gasteiger partial charge in [0.1, 0.15) is 0 Å². The number of carbonyl (C=O) groups excluding carboxylic acids is 2. The molecule has 2 aromatic rings. The predicted molar refractivity (Wildman–Crippen MR) is 114 cm³/mol. The summed E-state index contributed by atoms with van der Waals surface area (Å²) in [5.41, 5.74) is 6.99. The first-order chi connectivity index (χ1) is 12.0. The van der Waals surface area contributed by atoms with Crippen molar-refractivity contribution in [3.05, 3.63) is 54.4 Å². The first-order valence-corrected chi connectivity index (χ1v) is 8.37. The molecule has 0 radical (unpaired) electrons. The second-order valence-corrected chi connectivity index (χ2v) is 5.92. The molecule has 0 aliphatic heterocycles. The quantitative estimate of drug-likeness (QED) is 0.642. The van der Waals surface area contributed by atoms with Gasteiger partial charge in [0.25, 0.3) is 5.91 Å². The normalized spacial score (nSPS) is 10.2. The van der Waals surface area contributed by atoms with Crippen molar-refractivity contribution < 1.29 is 9.59 Å². The number of nitrogens with one attached hydrogen (secondary N) is 2. The number of amides is 2. The van der Waals surface area contributed by atoms with Crippen LogP contribution in [0.3, 0.4) is 0 Å². The fraction of sp³-hybridized carbons (Fsp3) is 0.316. The van der Waals surface area contributed by atoms with Crippen LogP contribution in [0.1, 0.15) is 37.0 Å². The topological polar surface area (TPSA) is 97.1 Å². The predicted octanol–water partition coefficient (Wildman–Crippen LogP) is 3.88. The minimum Gasteiger partial charge on any atom is -0.329 e. The summed E-state index contributed by atoms with van der Waals surface area (Å²) in [6.07, 6.45) is 4.47. The average Bonchev–Trinajstić information content (AvgIpc) is 2.64. The first kappa shape index (κ1) is 24.8. The van der Waals surface area contributed by atoms with Crippen LogP contribution in [0, 0.1) is 5.41 Å². The minimum atomic E-state index is -0.573. The molecule has 0 fully saturated rings. The van der Waals surface area contributed by atoms with Gasteiger partial charge in [0.2, 0.25) is 5.91 Å². The summed E-state index contributed by atoms with van der Waals surface area (Å²) in [5.74, 6) is -0.332. The van der Waals surface area contributed by atoms with Crippen molar-refractivity contribution in [2.24, 2.45) is 11.1 Å². The first-order valence-electron chi connectivity index (χ1n) is 8.37. The summed E-state index contributed by atoms with van der Waals surface area (Å²) in [7, 11) is 0. The molecule has 0 atom stereocenters. The lowest BCUT2D eigenvalue weighted by Gasteiger charge is -2.28. The van der Waals surface area contributed by atoms with E-state index in [0.29, 0.717) is 36.3 Å². The molecule has 0 saturated heterocycles. The number of nitrogens with two attached hydrogens (primary N) is 1. The van der Waals surface area contributed by atoms with Gasteiger partial charge in [0, 0.05) is 35.9 Å². The van der Waals surface area contributed by atoms with E-state index in [1.807, 2.05) is 13.8 Å². The van der Waals surface area contributed by atoms with Crippen molar-refractivity contribution in [3.63, 3.8) is 0 Å². The Labute approximate surface area is 172 Å². The molecule has 0 saturated carbocycles. The van der Waals surface area contributed by atoms with E-state index >= 15 is 0 Å². The van der Waals surface area contributed by atoms with Crippen LogP contribution in [0.25, 0.3) is 0 Å². The van der Waals surface area contributed by atoms with Gasteiger partial charge >= 0.3 is 0 Å². The third-order valence-corrected chi connectivity index (χ3v) is 4.55. The average molecular weight is 413 g/mol. The molecule has 0 bridgehead atoms. The molecule has 1 heterocycles. The van der Waals surface area contributed by atoms with Crippen molar-refractivity contribution in [3.8, 4) is 0 Å². The number of anilines is 2. The molecular weight excluding hydrogens is 387 g/mol. The molecule has 4 N–H and O–H groups in total. The van der Waals surface area contributed by atoms with Crippen molar-refractivity contribution in [2.75, 3.05) is 17.2 Å². The minimum absolute atomic E-state index is 0. The second-order valence-electron chi connectivity index (χ2n) is 5.92. The number of benzene rings is 1. The van der Waals surface area contributed by atoms with Gasteiger partial charge in [-0.15, -0.1) is 24.8 Å². The number of hydrogen-bond acceptors (Lipinski definition) is 4. The van der Waals surface area contributed by atoms with Crippen LogP contribution >= 0.6 is 24.8 Å². The molecule has 0 unspecified atom stereocenters. The highest BCUT2D eigenvalue weighted by molar-refractivity contribution is 6.04. The Hall–Kier alpha value is -2.15. The van der Waals surface area contributed by atoms with Gasteiger partial charge in [-0.1, -0.05) is 19.9 Å². The lowest BCUT2D eigenvalue weighted by atomic mass is 9.81. The second kappa shape index (κ2) is 11.5. The SMILES string of the molecule is CCC(CC)(CN)C(=O)Nc1cccc(NC(=O)c2ccncc2)c1.Cl.Cl. The Morgan fingerprint density at radius 1 is 1.00 bits per heavy atom. The molecule has 0 aliphatic carbocycles. The Bertz CT molecular complexity index is 729. The van der Waals surface area contributed by atoms with Gasteiger partial charge < -0.3 is 16.4 Å². The van der Waals surface area contributed by atoms with Crippen LogP contribution < -0.4 is 16.4 Å². The number of aromatic nitrogens is 1. The molecule has 6 nitrogen and oxygen atoms in total. The number of rotatable bonds is 7. The summed E-state index contributed by atoms with van der Waals surface area (Å²) >= 11 is 0. The molecule has 27 heavy (non-hydrogen) atoms. The molecule has 8 heteroatoms. The van der Waals surface area contributed by atoms with Crippen LogP contribution in [0.4, 0.5) is 11.4 Å². The fourth-order valence-electron chi connectivity index (χ4n) is 2.60. The number of pyridine rings is 1. The largest absolute Gasteiger partial charge is 0.329 e. The third kappa shape index (κ3) is 6.20. The highest BCUT2D eigenvalue weighted by Crippen LogP contribution is 2.27. The molecule has 2 amide bonds. The number of carbonyl (C=O) groups is 2. The molecular formula is C19H26Cl2N4O2. The number of halogens is 2. The van der Waals surface area contributed by atoms with E-state index < -0.39 is 5.41 Å². The van der Waals surface area contributed by atoms with Gasteiger partial charge in [-0.2, -0.15) is 0 Å². The van der Waals surface area contributed by atoms with Gasteiger partial charge in [0.15, 0.2) is 0 Å². The lowest BCUT2D eigenvalue weighted by Crippen LogP contribution is -2.41. The summed E-state index contributed by atoms with van der Waals surface area (Å²) in [5, 5.41) is 5.72. The monoisotopic (exact) mass is 412 g/mol. The van der Waals surface area contributed by atoms with Crippen molar-refractivity contribution in [2.45, 2.75) is 26.7 Å². The maximum Gasteiger partial charge on any atom is 0.255 e. The van der Waals surface area contributed by atoms with E-state index in [4.69, 9.17) is 5.73 Å². The number of hydrogen-bond donors (Lipinski definition) is 3. The van der Waals surface area contributed by atoms with E-state index in [-0.39, 0.29) is 36.6 Å². The summed E-state index contributed by atoms with van der Waals surface area (Å²) in [6, 6.07) is 10.3. The Morgan fingerprint density at radius 3 is 2.07 bits per heavy atom. The molecule has 1 aromatic heterocycles. The fourth-order valence-corrected chi connectivity index (χ4v) is 2.60. The van der Waals surface area contributed by atoms with E-state index in [2.05, 4.69) is 15.6 Å². The van der Waals surface area contributed by atoms with Crippen LogP contribution in [-0.2, 0) is 4.79 Å². The van der Waals surface area contributed by atoms with Crippen molar-refractivity contribution in [1.29, 1.82) is 0 Å². The third-order valence-electron chi connectivity index (χ3n) is 4.55. The van der Waals surface area contributed by atoms with Crippen LogP contribution in [-0.4, -0.2) is 23.3 Å². The van der Waals surface area contributed by atoms with Gasteiger partial charge in [-0.05, 0) is 43.2 Å². The maximum absolute atomic E-state index is 12.6. The van der Waals surface area contributed by atoms with E-state index in [1.54, 1.807) is 48.8 Å². The highest BCUT2D eigenvalue weighted by atomic mass is 35.5. The maximum atomic E-state index is 12.6. The van der Waals surface area contributed by atoms with Crippen molar-refractivity contribution in [1.82, 2.24) is 4.98 Å². The van der Waals surface area contributed by atoms with E-state index in [0.717, 1.165) is 0 Å². The smallest absolute Gasteiger partial charge is 0.255 e. The molecule has 0 spiro atoms. The molecule has 148 valence electrons. The summed E-state index contributed by atoms with van der Waals surface area (Å²) in [6.45, 7) is 4.22. The Morgan fingerprint density at radius 2 is 1.56 bits per heavy atom. The highest BCUT2D eigenvalue weighted by Gasteiger charge is 2.33. The Balaban J connectivity index is 0.00000338. The Kier molecular flexibility index (Phi) is 10.6. The van der Waals surface area contributed by atoms with Crippen molar-refractivity contribution >= 4 is 48.0 Å². The molecule has 0 aliphatic rings. The van der Waals surface area contributed by atoms with Gasteiger partial charge in [-0.3, -0.25) is 14.6 Å². The van der Waals surface area contributed by atoms with E-state index in [1.165, 1.54) is 0 Å². The molecule has 1 aromatic carbocycles. The summed E-state index contributed by atoms with van der Waals surface area (Å²) in [4.78, 5) is 28.7. The molecule has 2 rings (SSSR count). The zero-order chi connectivity index (χ0) is 18.3. The zero-order valence-electron chi connectivity index (χ0n) is 15.4.